The minimum absolute atomic E-state index is 0.0318. The molecule has 0 spiro atoms. The van der Waals surface area contributed by atoms with Crippen LogP contribution >= 0.6 is 0 Å². The van der Waals surface area contributed by atoms with Crippen molar-refractivity contribution >= 4 is 12.0 Å². The van der Waals surface area contributed by atoms with E-state index in [1.165, 1.54) is 42.5 Å². The number of carbonyl (C=O) groups is 1. The smallest absolute Gasteiger partial charge is 0.331 e. The lowest BCUT2D eigenvalue weighted by Crippen LogP contribution is -2.64. The Morgan fingerprint density at radius 1 is 1.09 bits per heavy atom. The van der Waals surface area contributed by atoms with Gasteiger partial charge in [-0.3, -0.25) is 0 Å². The summed E-state index contributed by atoms with van der Waals surface area (Å²) in [7, 11) is 0. The summed E-state index contributed by atoms with van der Waals surface area (Å²) in [6.07, 6.45) is -4.41. The molecule has 7 N–H and O–H groups in total. The van der Waals surface area contributed by atoms with Gasteiger partial charge in [0, 0.05) is 6.08 Å². The van der Waals surface area contributed by atoms with E-state index >= 15 is 0 Å². The zero-order valence-corrected chi connectivity index (χ0v) is 16.8. The fourth-order valence-corrected chi connectivity index (χ4v) is 3.45. The number of hydrogen-bond acceptors (Lipinski definition) is 10. The summed E-state index contributed by atoms with van der Waals surface area (Å²) < 4.78 is 10.2. The second-order valence-electron chi connectivity index (χ2n) is 7.32. The van der Waals surface area contributed by atoms with Gasteiger partial charge in [-0.15, -0.1) is 0 Å². The highest BCUT2D eigenvalue weighted by Gasteiger charge is 2.55. The van der Waals surface area contributed by atoms with Gasteiger partial charge in [0.05, 0.1) is 6.61 Å². The maximum atomic E-state index is 12.1. The van der Waals surface area contributed by atoms with Crippen LogP contribution in [0.15, 0.2) is 48.5 Å². The van der Waals surface area contributed by atoms with E-state index in [1.807, 2.05) is 0 Å². The molecule has 5 atom stereocenters. The van der Waals surface area contributed by atoms with Gasteiger partial charge in [-0.25, -0.2) is 4.79 Å². The van der Waals surface area contributed by atoms with Crippen LogP contribution in [0.25, 0.3) is 6.08 Å². The van der Waals surface area contributed by atoms with Gasteiger partial charge < -0.3 is 45.2 Å². The summed E-state index contributed by atoms with van der Waals surface area (Å²) in [4.78, 5) is 12.1. The molecule has 1 heterocycles. The number of aliphatic hydroxyl groups is 5. The Morgan fingerprint density at radius 3 is 2.50 bits per heavy atom. The number of ether oxygens (including phenoxy) is 2. The molecule has 0 aromatic heterocycles. The third-order valence-corrected chi connectivity index (χ3v) is 5.25. The zero-order valence-electron chi connectivity index (χ0n) is 16.8. The quantitative estimate of drug-likeness (QED) is 0.173. The molecule has 10 nitrogen and oxygen atoms in total. The van der Waals surface area contributed by atoms with Gasteiger partial charge in [-0.2, -0.15) is 0 Å². The average Bonchev–Trinajstić information content (AvgIpc) is 2.79. The van der Waals surface area contributed by atoms with Gasteiger partial charge in [0.1, 0.15) is 24.9 Å². The number of benzene rings is 2. The summed E-state index contributed by atoms with van der Waals surface area (Å²) in [5, 5.41) is 70.0. The molecule has 0 aliphatic carbocycles. The molecule has 3 rings (SSSR count). The Kier molecular flexibility index (Phi) is 7.14. The minimum Gasteiger partial charge on any atom is -0.504 e. The molecule has 0 bridgehead atoms. The van der Waals surface area contributed by atoms with Crippen molar-refractivity contribution in [1.29, 1.82) is 0 Å². The Bertz CT molecular complexity index is 990. The van der Waals surface area contributed by atoms with E-state index in [4.69, 9.17) is 9.47 Å². The number of carbonyl (C=O) groups excluding carboxylic acids is 1. The van der Waals surface area contributed by atoms with Crippen molar-refractivity contribution in [2.45, 2.75) is 36.8 Å². The highest BCUT2D eigenvalue weighted by Crippen LogP contribution is 2.39. The van der Waals surface area contributed by atoms with E-state index in [0.29, 0.717) is 5.56 Å². The normalized spacial score (nSPS) is 28.0. The second kappa shape index (κ2) is 9.65. The monoisotopic (exact) mass is 448 g/mol. The Labute approximate surface area is 182 Å². The molecule has 1 aliphatic rings. The van der Waals surface area contributed by atoms with Crippen molar-refractivity contribution in [2.24, 2.45) is 0 Å². The number of esters is 1. The van der Waals surface area contributed by atoms with Crippen LogP contribution in [-0.4, -0.2) is 72.9 Å². The fourth-order valence-electron chi connectivity index (χ4n) is 3.45. The van der Waals surface area contributed by atoms with E-state index in [9.17, 15) is 40.5 Å². The molecule has 2 aromatic rings. The predicted molar refractivity (Wildman–Crippen MR) is 109 cm³/mol. The summed E-state index contributed by atoms with van der Waals surface area (Å²) in [6.45, 7) is -1.03. The van der Waals surface area contributed by atoms with Gasteiger partial charge in [0.25, 0.3) is 0 Å². The number of aromatic hydroxyl groups is 2. The molecule has 0 unspecified atom stereocenters. The Hall–Kier alpha value is -2.99. The van der Waals surface area contributed by atoms with Crippen molar-refractivity contribution in [2.75, 3.05) is 6.61 Å². The van der Waals surface area contributed by atoms with Crippen LogP contribution in [0.4, 0.5) is 0 Å². The van der Waals surface area contributed by atoms with Crippen LogP contribution in [0.1, 0.15) is 16.7 Å². The average molecular weight is 448 g/mol. The number of aliphatic hydroxyl groups excluding tert-OH is 4. The largest absolute Gasteiger partial charge is 0.504 e. The van der Waals surface area contributed by atoms with Crippen molar-refractivity contribution in [3.63, 3.8) is 0 Å². The molecule has 0 amide bonds. The predicted octanol–water partition coefficient (Wildman–Crippen LogP) is -0.527. The minimum atomic E-state index is -2.45. The van der Waals surface area contributed by atoms with Crippen molar-refractivity contribution in [1.82, 2.24) is 0 Å². The van der Waals surface area contributed by atoms with Crippen LogP contribution in [0.2, 0.25) is 0 Å². The molecule has 0 radical (unpaired) electrons. The lowest BCUT2D eigenvalue weighted by Gasteiger charge is -2.46. The van der Waals surface area contributed by atoms with Crippen LogP contribution in [-0.2, 0) is 26.5 Å². The Balaban J connectivity index is 1.76. The first kappa shape index (κ1) is 23.7. The molecule has 10 heteroatoms. The molecular formula is C22H24O10. The van der Waals surface area contributed by atoms with Gasteiger partial charge in [0.15, 0.2) is 23.4 Å². The number of phenolic OH excluding ortho intramolecular Hbond substituents is 2. The second-order valence-corrected chi connectivity index (χ2v) is 7.32. The first-order chi connectivity index (χ1) is 15.2. The molecule has 1 saturated heterocycles. The topological polar surface area (TPSA) is 177 Å². The third kappa shape index (κ3) is 4.60. The SMILES string of the molecule is O=C(/C=C/c1ccc(O)c(O)c1)OCc1ccccc1[C@]1(O)[C@H](O)O[C@H](CO)[C@@H](O)[C@@H]1O. The number of hydrogen-bond donors (Lipinski definition) is 7. The van der Waals surface area contributed by atoms with Crippen molar-refractivity contribution in [3.8, 4) is 11.5 Å². The molecule has 1 fully saturated rings. The zero-order chi connectivity index (χ0) is 23.5. The molecule has 1 aliphatic heterocycles. The third-order valence-electron chi connectivity index (χ3n) is 5.25. The molecular weight excluding hydrogens is 424 g/mol. The van der Waals surface area contributed by atoms with Gasteiger partial charge in [-0.05, 0) is 34.9 Å². The molecule has 0 saturated carbocycles. The van der Waals surface area contributed by atoms with E-state index < -0.39 is 42.8 Å². The van der Waals surface area contributed by atoms with E-state index in [0.717, 1.165) is 6.08 Å². The maximum Gasteiger partial charge on any atom is 0.331 e. The van der Waals surface area contributed by atoms with E-state index in [-0.39, 0.29) is 29.2 Å². The van der Waals surface area contributed by atoms with Crippen LogP contribution in [0.5, 0.6) is 11.5 Å². The first-order valence-electron chi connectivity index (χ1n) is 9.66. The summed E-state index contributed by atoms with van der Waals surface area (Å²) >= 11 is 0. The fraction of sp³-hybridized carbons (Fsp3) is 0.318. The van der Waals surface area contributed by atoms with Gasteiger partial charge in [0.2, 0.25) is 0 Å². The molecule has 2 aromatic carbocycles. The molecule has 32 heavy (non-hydrogen) atoms. The van der Waals surface area contributed by atoms with Gasteiger partial charge in [-0.1, -0.05) is 30.3 Å². The highest BCUT2D eigenvalue weighted by atomic mass is 16.6. The van der Waals surface area contributed by atoms with Crippen LogP contribution in [0.3, 0.4) is 0 Å². The van der Waals surface area contributed by atoms with E-state index in [2.05, 4.69) is 0 Å². The van der Waals surface area contributed by atoms with E-state index in [1.54, 1.807) is 6.07 Å². The summed E-state index contributed by atoms with van der Waals surface area (Å²) in [6, 6.07) is 9.95. The summed E-state index contributed by atoms with van der Waals surface area (Å²) in [5.74, 6) is -1.41. The van der Waals surface area contributed by atoms with Gasteiger partial charge >= 0.3 is 5.97 Å². The standard InChI is InChI=1S/C22H24O10/c23-10-17-19(27)20(28)22(30,21(29)32-17)14-4-2-1-3-13(14)11-31-18(26)8-6-12-5-7-15(24)16(25)9-12/h1-9,17,19-21,23-25,27-30H,10-11H2/b8-6+/t17-,19-,20+,21-,22-/m1/s1. The lowest BCUT2D eigenvalue weighted by molar-refractivity contribution is -0.335. The molecule has 172 valence electrons. The van der Waals surface area contributed by atoms with Crippen molar-refractivity contribution < 1.29 is 50.0 Å². The summed E-state index contributed by atoms with van der Waals surface area (Å²) in [5.41, 5.74) is -1.82. The maximum absolute atomic E-state index is 12.1. The van der Waals surface area contributed by atoms with Crippen LogP contribution in [0, 0.1) is 0 Å². The number of rotatable bonds is 6. The van der Waals surface area contributed by atoms with Crippen LogP contribution < -0.4 is 0 Å². The van der Waals surface area contributed by atoms with Crippen molar-refractivity contribution in [3.05, 3.63) is 65.2 Å². The highest BCUT2D eigenvalue weighted by molar-refractivity contribution is 5.87. The lowest BCUT2D eigenvalue weighted by atomic mass is 9.79. The Morgan fingerprint density at radius 2 is 1.81 bits per heavy atom. The first-order valence-corrected chi connectivity index (χ1v) is 9.66. The number of phenols is 2.